The van der Waals surface area contributed by atoms with Crippen molar-refractivity contribution in [1.82, 2.24) is 15.4 Å². The Labute approximate surface area is 97.0 Å². The number of aryl methyl sites for hydroxylation is 1. The van der Waals surface area contributed by atoms with Crippen LogP contribution < -0.4 is 5.32 Å². The van der Waals surface area contributed by atoms with Crippen molar-refractivity contribution in [2.75, 3.05) is 5.32 Å². The highest BCUT2D eigenvalue weighted by atomic mass is 35.5. The van der Waals surface area contributed by atoms with Gasteiger partial charge in [-0.1, -0.05) is 10.3 Å². The van der Waals surface area contributed by atoms with Crippen molar-refractivity contribution in [2.45, 2.75) is 25.8 Å². The van der Waals surface area contributed by atoms with Gasteiger partial charge < -0.3 is 14.3 Å². The average Bonchev–Trinajstić information content (AvgIpc) is 2.83. The van der Waals surface area contributed by atoms with Crippen LogP contribution in [0.25, 0.3) is 0 Å². The molecule has 0 amide bonds. The van der Waals surface area contributed by atoms with E-state index in [4.69, 9.17) is 20.5 Å². The molecule has 2 rings (SSSR count). The molecule has 2 aromatic rings. The summed E-state index contributed by atoms with van der Waals surface area (Å²) in [5, 5.41) is 13.9. The fourth-order valence-corrected chi connectivity index (χ4v) is 1.22. The molecule has 0 fully saturated rings. The Morgan fingerprint density at radius 1 is 1.50 bits per heavy atom. The molecule has 1 N–H and O–H groups in total. The molecule has 16 heavy (non-hydrogen) atoms. The van der Waals surface area contributed by atoms with Crippen molar-refractivity contribution in [3.8, 4) is 0 Å². The number of rotatable bonds is 4. The number of aromatic nitrogens is 3. The minimum Gasteiger partial charge on any atom is -0.406 e. The molecule has 1 unspecified atom stereocenters. The summed E-state index contributed by atoms with van der Waals surface area (Å²) >= 11 is 5.78. The van der Waals surface area contributed by atoms with Crippen LogP contribution in [0.3, 0.4) is 0 Å². The van der Waals surface area contributed by atoms with Crippen molar-refractivity contribution >= 4 is 17.6 Å². The van der Waals surface area contributed by atoms with Gasteiger partial charge in [0, 0.05) is 6.07 Å². The van der Waals surface area contributed by atoms with Gasteiger partial charge in [-0.3, -0.25) is 0 Å². The van der Waals surface area contributed by atoms with Crippen LogP contribution in [-0.4, -0.2) is 15.4 Å². The van der Waals surface area contributed by atoms with Crippen molar-refractivity contribution in [3.05, 3.63) is 23.4 Å². The van der Waals surface area contributed by atoms with E-state index in [0.717, 1.165) is 5.69 Å². The summed E-state index contributed by atoms with van der Waals surface area (Å²) in [4.78, 5) is 0. The Hall–Kier alpha value is -1.56. The molecule has 1 atom stereocenters. The molecule has 0 aromatic carbocycles. The van der Waals surface area contributed by atoms with E-state index in [-0.39, 0.29) is 5.38 Å². The first-order valence-corrected chi connectivity index (χ1v) is 5.22. The average molecular weight is 243 g/mol. The first-order valence-electron chi connectivity index (χ1n) is 4.78. The quantitative estimate of drug-likeness (QED) is 0.829. The maximum atomic E-state index is 5.78. The van der Waals surface area contributed by atoms with Gasteiger partial charge in [-0.25, -0.2) is 0 Å². The first kappa shape index (κ1) is 10.9. The van der Waals surface area contributed by atoms with E-state index in [1.165, 1.54) is 0 Å². The summed E-state index contributed by atoms with van der Waals surface area (Å²) in [6, 6.07) is 2.14. The molecule has 0 saturated heterocycles. The number of hydrogen-bond acceptors (Lipinski definition) is 6. The predicted octanol–water partition coefficient (Wildman–Crippen LogP) is 2.28. The number of anilines is 1. The van der Waals surface area contributed by atoms with Gasteiger partial charge in [0.2, 0.25) is 5.89 Å². The second kappa shape index (κ2) is 4.52. The maximum absolute atomic E-state index is 5.78. The Bertz CT molecular complexity index is 466. The fraction of sp³-hybridized carbons (Fsp3) is 0.444. The van der Waals surface area contributed by atoms with Gasteiger partial charge in [-0.2, -0.15) is 0 Å². The summed E-state index contributed by atoms with van der Waals surface area (Å²) in [6.45, 7) is 4.06. The van der Waals surface area contributed by atoms with Crippen LogP contribution in [0, 0.1) is 6.92 Å². The van der Waals surface area contributed by atoms with Crippen LogP contribution in [0.1, 0.15) is 29.6 Å². The van der Waals surface area contributed by atoms with Crippen molar-refractivity contribution in [2.24, 2.45) is 0 Å². The molecule has 6 nitrogen and oxygen atoms in total. The second-order valence-corrected chi connectivity index (χ2v) is 4.00. The monoisotopic (exact) mass is 242 g/mol. The lowest BCUT2D eigenvalue weighted by molar-refractivity contribution is 0.382. The van der Waals surface area contributed by atoms with Gasteiger partial charge in [-0.05, 0) is 13.8 Å². The van der Waals surface area contributed by atoms with Crippen LogP contribution >= 0.6 is 11.6 Å². The standard InChI is InChI=1S/C9H11ClN4O2/c1-5-3-7(16-14-5)4-11-9-13-12-8(15-9)6(2)10/h3,6H,4H2,1-2H3,(H,11,13). The zero-order valence-electron chi connectivity index (χ0n) is 8.90. The normalized spacial score (nSPS) is 12.7. The van der Waals surface area contributed by atoms with Crippen LogP contribution in [0.15, 0.2) is 15.0 Å². The maximum Gasteiger partial charge on any atom is 0.315 e. The van der Waals surface area contributed by atoms with E-state index in [1.54, 1.807) is 6.92 Å². The Morgan fingerprint density at radius 3 is 2.88 bits per heavy atom. The van der Waals surface area contributed by atoms with Crippen LogP contribution in [0.4, 0.5) is 6.01 Å². The third-order valence-corrected chi connectivity index (χ3v) is 2.06. The fourth-order valence-electron chi connectivity index (χ4n) is 1.13. The summed E-state index contributed by atoms with van der Waals surface area (Å²) in [5.74, 6) is 1.09. The van der Waals surface area contributed by atoms with Gasteiger partial charge in [0.15, 0.2) is 5.76 Å². The molecule has 2 aromatic heterocycles. The number of alkyl halides is 1. The predicted molar refractivity (Wildman–Crippen MR) is 57.1 cm³/mol. The molecule has 0 aliphatic carbocycles. The molecular weight excluding hydrogens is 232 g/mol. The van der Waals surface area contributed by atoms with Crippen molar-refractivity contribution < 1.29 is 8.94 Å². The van der Waals surface area contributed by atoms with Crippen molar-refractivity contribution in [3.63, 3.8) is 0 Å². The third-order valence-electron chi connectivity index (χ3n) is 1.87. The highest BCUT2D eigenvalue weighted by Gasteiger charge is 2.11. The summed E-state index contributed by atoms with van der Waals surface area (Å²) in [6.07, 6.45) is 0. The van der Waals surface area contributed by atoms with E-state index >= 15 is 0 Å². The van der Waals surface area contributed by atoms with E-state index in [0.29, 0.717) is 24.2 Å². The van der Waals surface area contributed by atoms with Crippen LogP contribution in [0.5, 0.6) is 0 Å². The van der Waals surface area contributed by atoms with Gasteiger partial charge >= 0.3 is 6.01 Å². The zero-order valence-corrected chi connectivity index (χ0v) is 9.65. The lowest BCUT2D eigenvalue weighted by Crippen LogP contribution is -1.98. The number of nitrogens with zero attached hydrogens (tertiary/aromatic N) is 3. The van der Waals surface area contributed by atoms with Crippen molar-refractivity contribution in [1.29, 1.82) is 0 Å². The summed E-state index contributed by atoms with van der Waals surface area (Å²) < 4.78 is 10.3. The van der Waals surface area contributed by atoms with Crippen LogP contribution in [0.2, 0.25) is 0 Å². The largest absolute Gasteiger partial charge is 0.406 e. The Balaban J connectivity index is 1.94. The van der Waals surface area contributed by atoms with E-state index in [9.17, 15) is 0 Å². The number of nitrogens with one attached hydrogen (secondary N) is 1. The Morgan fingerprint density at radius 2 is 2.31 bits per heavy atom. The lowest BCUT2D eigenvalue weighted by Gasteiger charge is -1.96. The van der Waals surface area contributed by atoms with Gasteiger partial charge in [0.05, 0.1) is 12.2 Å². The first-order chi connectivity index (χ1) is 7.65. The highest BCUT2D eigenvalue weighted by Crippen LogP contribution is 2.19. The second-order valence-electron chi connectivity index (χ2n) is 3.35. The molecule has 0 radical (unpaired) electrons. The molecule has 0 aliphatic heterocycles. The van der Waals surface area contributed by atoms with E-state index < -0.39 is 0 Å². The lowest BCUT2D eigenvalue weighted by atomic mass is 10.4. The van der Waals surface area contributed by atoms with Gasteiger partial charge in [0.25, 0.3) is 0 Å². The van der Waals surface area contributed by atoms with E-state index in [1.807, 2.05) is 13.0 Å². The molecular formula is C9H11ClN4O2. The molecule has 2 heterocycles. The molecule has 0 bridgehead atoms. The third kappa shape index (κ3) is 2.52. The summed E-state index contributed by atoms with van der Waals surface area (Å²) in [7, 11) is 0. The number of hydrogen-bond donors (Lipinski definition) is 1. The molecule has 0 aliphatic rings. The zero-order chi connectivity index (χ0) is 11.5. The topological polar surface area (TPSA) is 77.0 Å². The SMILES string of the molecule is Cc1cc(CNc2nnc(C(C)Cl)o2)on1. The molecule has 86 valence electrons. The molecule has 7 heteroatoms. The molecule has 0 saturated carbocycles. The molecule has 0 spiro atoms. The van der Waals surface area contributed by atoms with Gasteiger partial charge in [0.1, 0.15) is 5.38 Å². The minimum atomic E-state index is -0.296. The Kier molecular flexibility index (Phi) is 3.09. The summed E-state index contributed by atoms with van der Waals surface area (Å²) in [5.41, 5.74) is 0.831. The van der Waals surface area contributed by atoms with Gasteiger partial charge in [-0.15, -0.1) is 16.7 Å². The minimum absolute atomic E-state index is 0.296. The van der Waals surface area contributed by atoms with E-state index in [2.05, 4.69) is 20.7 Å². The smallest absolute Gasteiger partial charge is 0.315 e. The number of halogens is 1. The highest BCUT2D eigenvalue weighted by molar-refractivity contribution is 6.20. The van der Waals surface area contributed by atoms with Crippen LogP contribution in [-0.2, 0) is 6.54 Å².